The van der Waals surface area contributed by atoms with Gasteiger partial charge in [0, 0.05) is 12.8 Å². The number of aryl methyl sites for hydroxylation is 1. The SMILES string of the molecule is Cc1ccccc1OC1CC(F)C1. The highest BCUT2D eigenvalue weighted by Crippen LogP contribution is 2.29. The van der Waals surface area contributed by atoms with E-state index in [2.05, 4.69) is 0 Å². The van der Waals surface area contributed by atoms with Crippen LogP contribution < -0.4 is 4.74 Å². The number of alkyl halides is 1. The van der Waals surface area contributed by atoms with Crippen LogP contribution >= 0.6 is 0 Å². The standard InChI is InChI=1S/C11H13FO/c1-8-4-2-3-5-11(8)13-10-6-9(12)7-10/h2-5,9-10H,6-7H2,1H3. The third-order valence-corrected chi connectivity index (χ3v) is 2.42. The summed E-state index contributed by atoms with van der Waals surface area (Å²) in [5, 5.41) is 0. The van der Waals surface area contributed by atoms with Crippen LogP contribution in [0.1, 0.15) is 18.4 Å². The van der Waals surface area contributed by atoms with E-state index in [1.54, 1.807) is 0 Å². The molecule has 1 fully saturated rings. The van der Waals surface area contributed by atoms with Crippen LogP contribution in [0.5, 0.6) is 5.75 Å². The van der Waals surface area contributed by atoms with E-state index in [1.165, 1.54) is 0 Å². The van der Waals surface area contributed by atoms with Gasteiger partial charge in [-0.05, 0) is 18.6 Å². The van der Waals surface area contributed by atoms with Crippen molar-refractivity contribution < 1.29 is 9.13 Å². The molecule has 0 amide bonds. The van der Waals surface area contributed by atoms with Gasteiger partial charge in [0.05, 0.1) is 0 Å². The van der Waals surface area contributed by atoms with E-state index in [1.807, 2.05) is 31.2 Å². The van der Waals surface area contributed by atoms with Crippen LogP contribution in [0.25, 0.3) is 0 Å². The Morgan fingerprint density at radius 2 is 2.00 bits per heavy atom. The Labute approximate surface area is 77.5 Å². The van der Waals surface area contributed by atoms with Crippen molar-refractivity contribution in [3.05, 3.63) is 29.8 Å². The lowest BCUT2D eigenvalue weighted by molar-refractivity contribution is 0.0405. The van der Waals surface area contributed by atoms with Gasteiger partial charge < -0.3 is 4.74 Å². The molecule has 0 atom stereocenters. The molecule has 1 aliphatic rings. The molecule has 0 spiro atoms. The third kappa shape index (κ3) is 1.82. The lowest BCUT2D eigenvalue weighted by atomic mass is 9.93. The molecule has 0 heterocycles. The summed E-state index contributed by atoms with van der Waals surface area (Å²) in [5.74, 6) is 0.888. The van der Waals surface area contributed by atoms with Crippen molar-refractivity contribution >= 4 is 0 Å². The number of hydrogen-bond donors (Lipinski definition) is 0. The minimum atomic E-state index is -0.644. The molecule has 0 radical (unpaired) electrons. The van der Waals surface area contributed by atoms with Crippen molar-refractivity contribution in [2.24, 2.45) is 0 Å². The molecule has 1 aromatic rings. The predicted molar refractivity (Wildman–Crippen MR) is 49.7 cm³/mol. The van der Waals surface area contributed by atoms with Crippen LogP contribution in [-0.2, 0) is 0 Å². The maximum absolute atomic E-state index is 12.5. The lowest BCUT2D eigenvalue weighted by Gasteiger charge is -2.30. The molecule has 2 rings (SSSR count). The van der Waals surface area contributed by atoms with Crippen molar-refractivity contribution in [2.45, 2.75) is 32.0 Å². The fourth-order valence-corrected chi connectivity index (χ4v) is 1.47. The molecule has 0 aromatic heterocycles. The van der Waals surface area contributed by atoms with Crippen LogP contribution in [0, 0.1) is 6.92 Å². The molecule has 0 aliphatic heterocycles. The monoisotopic (exact) mass is 180 g/mol. The topological polar surface area (TPSA) is 9.23 Å². The van der Waals surface area contributed by atoms with Crippen LogP contribution in [0.15, 0.2) is 24.3 Å². The molecule has 2 heteroatoms. The zero-order valence-electron chi connectivity index (χ0n) is 7.66. The number of ether oxygens (including phenoxy) is 1. The first-order chi connectivity index (χ1) is 6.25. The Bertz CT molecular complexity index is 292. The van der Waals surface area contributed by atoms with E-state index in [-0.39, 0.29) is 6.10 Å². The fourth-order valence-electron chi connectivity index (χ4n) is 1.47. The zero-order valence-corrected chi connectivity index (χ0v) is 7.66. The Balaban J connectivity index is 1.98. The van der Waals surface area contributed by atoms with Gasteiger partial charge in [-0.25, -0.2) is 4.39 Å². The second-order valence-electron chi connectivity index (χ2n) is 3.57. The summed E-state index contributed by atoms with van der Waals surface area (Å²) < 4.78 is 18.1. The van der Waals surface area contributed by atoms with Gasteiger partial charge in [0.25, 0.3) is 0 Å². The molecular weight excluding hydrogens is 167 g/mol. The van der Waals surface area contributed by atoms with Gasteiger partial charge in [0.1, 0.15) is 18.0 Å². The minimum Gasteiger partial charge on any atom is -0.490 e. The quantitative estimate of drug-likeness (QED) is 0.680. The Hall–Kier alpha value is -1.05. The largest absolute Gasteiger partial charge is 0.490 e. The van der Waals surface area contributed by atoms with Gasteiger partial charge in [-0.1, -0.05) is 18.2 Å². The Morgan fingerprint density at radius 1 is 1.31 bits per heavy atom. The van der Waals surface area contributed by atoms with E-state index < -0.39 is 6.17 Å². The van der Waals surface area contributed by atoms with Crippen LogP contribution in [0.4, 0.5) is 4.39 Å². The third-order valence-electron chi connectivity index (χ3n) is 2.42. The molecule has 1 nitrogen and oxygen atoms in total. The molecule has 70 valence electrons. The summed E-state index contributed by atoms with van der Waals surface area (Å²) in [5.41, 5.74) is 1.12. The first-order valence-electron chi connectivity index (χ1n) is 4.62. The van der Waals surface area contributed by atoms with E-state index >= 15 is 0 Å². The predicted octanol–water partition coefficient (Wildman–Crippen LogP) is 2.87. The van der Waals surface area contributed by atoms with Gasteiger partial charge in [-0.3, -0.25) is 0 Å². The number of benzene rings is 1. The highest BCUT2D eigenvalue weighted by Gasteiger charge is 2.30. The van der Waals surface area contributed by atoms with E-state index in [0.29, 0.717) is 12.8 Å². The number of para-hydroxylation sites is 1. The summed E-state index contributed by atoms with van der Waals surface area (Å²) >= 11 is 0. The van der Waals surface area contributed by atoms with Gasteiger partial charge in [0.15, 0.2) is 0 Å². The van der Waals surface area contributed by atoms with Crippen molar-refractivity contribution in [2.75, 3.05) is 0 Å². The summed E-state index contributed by atoms with van der Waals surface area (Å²) in [6.07, 6.45) is 0.549. The first-order valence-corrected chi connectivity index (χ1v) is 4.62. The molecule has 0 saturated heterocycles. The average Bonchev–Trinajstić information content (AvgIpc) is 2.06. The number of hydrogen-bond acceptors (Lipinski definition) is 1. The number of rotatable bonds is 2. The maximum atomic E-state index is 12.5. The smallest absolute Gasteiger partial charge is 0.122 e. The molecule has 0 bridgehead atoms. The van der Waals surface area contributed by atoms with Crippen LogP contribution in [0.2, 0.25) is 0 Å². The highest BCUT2D eigenvalue weighted by molar-refractivity contribution is 5.32. The number of halogens is 1. The van der Waals surface area contributed by atoms with E-state index in [4.69, 9.17) is 4.74 Å². The Kier molecular flexibility index (Phi) is 2.21. The molecule has 1 aliphatic carbocycles. The van der Waals surface area contributed by atoms with Crippen molar-refractivity contribution in [1.82, 2.24) is 0 Å². The minimum absolute atomic E-state index is 0.0936. The van der Waals surface area contributed by atoms with Gasteiger partial charge >= 0.3 is 0 Å². The Morgan fingerprint density at radius 3 is 2.62 bits per heavy atom. The fraction of sp³-hybridized carbons (Fsp3) is 0.455. The zero-order chi connectivity index (χ0) is 9.26. The van der Waals surface area contributed by atoms with Gasteiger partial charge in [-0.15, -0.1) is 0 Å². The highest BCUT2D eigenvalue weighted by atomic mass is 19.1. The average molecular weight is 180 g/mol. The molecule has 0 N–H and O–H groups in total. The van der Waals surface area contributed by atoms with E-state index in [0.717, 1.165) is 11.3 Å². The lowest BCUT2D eigenvalue weighted by Crippen LogP contribution is -2.35. The molecule has 1 aromatic carbocycles. The maximum Gasteiger partial charge on any atom is 0.122 e. The van der Waals surface area contributed by atoms with Gasteiger partial charge in [0.2, 0.25) is 0 Å². The molecule has 13 heavy (non-hydrogen) atoms. The van der Waals surface area contributed by atoms with Crippen molar-refractivity contribution in [1.29, 1.82) is 0 Å². The summed E-state index contributed by atoms with van der Waals surface area (Å²) in [7, 11) is 0. The summed E-state index contributed by atoms with van der Waals surface area (Å²) in [6, 6.07) is 7.84. The molecule has 0 unspecified atom stereocenters. The second-order valence-corrected chi connectivity index (χ2v) is 3.57. The van der Waals surface area contributed by atoms with Crippen LogP contribution in [0.3, 0.4) is 0 Å². The van der Waals surface area contributed by atoms with E-state index in [9.17, 15) is 4.39 Å². The molecule has 1 saturated carbocycles. The van der Waals surface area contributed by atoms with Crippen molar-refractivity contribution in [3.8, 4) is 5.75 Å². The summed E-state index contributed by atoms with van der Waals surface area (Å²) in [6.45, 7) is 2.00. The summed E-state index contributed by atoms with van der Waals surface area (Å²) in [4.78, 5) is 0. The molecular formula is C11H13FO. The normalized spacial score (nSPS) is 26.6. The van der Waals surface area contributed by atoms with Crippen LogP contribution in [-0.4, -0.2) is 12.3 Å². The second kappa shape index (κ2) is 3.36. The van der Waals surface area contributed by atoms with Gasteiger partial charge in [-0.2, -0.15) is 0 Å². The first kappa shape index (κ1) is 8.54. The van der Waals surface area contributed by atoms with Crippen molar-refractivity contribution in [3.63, 3.8) is 0 Å².